The van der Waals surface area contributed by atoms with Crippen LogP contribution in [0.5, 0.6) is 0 Å². The molecule has 3 rings (SSSR count). The average molecular weight is 279 g/mol. The summed E-state index contributed by atoms with van der Waals surface area (Å²) in [6.07, 6.45) is 5.03. The maximum atomic E-state index is 12.2. The van der Waals surface area contributed by atoms with E-state index >= 15 is 0 Å². The molecular weight excluding hydrogens is 266 g/mol. The van der Waals surface area contributed by atoms with Gasteiger partial charge in [0.05, 0.1) is 6.42 Å². The van der Waals surface area contributed by atoms with Gasteiger partial charge < -0.3 is 10.0 Å². The van der Waals surface area contributed by atoms with Crippen LogP contribution in [0.1, 0.15) is 18.5 Å². The minimum Gasteiger partial charge on any atom is -0.480 e. The molecule has 0 spiro atoms. The zero-order valence-corrected chi connectivity index (χ0v) is 11.0. The van der Waals surface area contributed by atoms with Crippen molar-refractivity contribution in [1.82, 2.24) is 14.3 Å². The standard InChI is InChI=1S/C12H13N3O3S/c16-10(15-4-1-2-9(15)11(17)18)6-8-7-19-12-13-3-5-14(8)12/h3,5,7,9H,1-2,4,6H2,(H,17,18). The second kappa shape index (κ2) is 4.65. The molecule has 0 bridgehead atoms. The molecule has 1 atom stereocenters. The zero-order chi connectivity index (χ0) is 13.4. The monoisotopic (exact) mass is 279 g/mol. The summed E-state index contributed by atoms with van der Waals surface area (Å²) in [6, 6.07) is -0.663. The Labute approximate surface area is 113 Å². The number of thiazole rings is 1. The van der Waals surface area contributed by atoms with E-state index in [1.54, 1.807) is 6.20 Å². The van der Waals surface area contributed by atoms with Crippen molar-refractivity contribution in [1.29, 1.82) is 0 Å². The van der Waals surface area contributed by atoms with Gasteiger partial charge in [-0.05, 0) is 12.8 Å². The SMILES string of the molecule is O=C(O)C1CCCN1C(=O)Cc1csc2nccn12. The summed E-state index contributed by atoms with van der Waals surface area (Å²) in [7, 11) is 0. The van der Waals surface area contributed by atoms with E-state index in [0.29, 0.717) is 13.0 Å². The Morgan fingerprint density at radius 1 is 1.53 bits per heavy atom. The second-order valence-corrected chi connectivity index (χ2v) is 5.40. The van der Waals surface area contributed by atoms with Crippen molar-refractivity contribution in [3.63, 3.8) is 0 Å². The second-order valence-electron chi connectivity index (χ2n) is 4.57. The Morgan fingerprint density at radius 2 is 2.37 bits per heavy atom. The lowest BCUT2D eigenvalue weighted by atomic mass is 10.2. The smallest absolute Gasteiger partial charge is 0.326 e. The molecule has 1 aliphatic rings. The van der Waals surface area contributed by atoms with Crippen LogP contribution in [-0.2, 0) is 16.0 Å². The van der Waals surface area contributed by atoms with Crippen LogP contribution in [0.15, 0.2) is 17.8 Å². The summed E-state index contributed by atoms with van der Waals surface area (Å²) in [5, 5.41) is 11.0. The summed E-state index contributed by atoms with van der Waals surface area (Å²) >= 11 is 1.48. The van der Waals surface area contributed by atoms with Gasteiger partial charge in [0.15, 0.2) is 4.96 Å². The minimum absolute atomic E-state index is 0.127. The molecule has 100 valence electrons. The van der Waals surface area contributed by atoms with Crippen molar-refractivity contribution in [2.24, 2.45) is 0 Å². The summed E-state index contributed by atoms with van der Waals surface area (Å²) in [4.78, 5) is 29.8. The first kappa shape index (κ1) is 12.2. The predicted octanol–water partition coefficient (Wildman–Crippen LogP) is 1.01. The Bertz CT molecular complexity index is 633. The minimum atomic E-state index is -0.913. The number of carbonyl (C=O) groups is 2. The topological polar surface area (TPSA) is 74.9 Å². The molecule has 2 aromatic rings. The molecule has 1 unspecified atom stereocenters. The van der Waals surface area contributed by atoms with Crippen LogP contribution in [0.3, 0.4) is 0 Å². The van der Waals surface area contributed by atoms with Gasteiger partial charge in [0.1, 0.15) is 6.04 Å². The van der Waals surface area contributed by atoms with Crippen molar-refractivity contribution < 1.29 is 14.7 Å². The molecule has 0 aromatic carbocycles. The van der Waals surface area contributed by atoms with Crippen molar-refractivity contribution >= 4 is 28.2 Å². The summed E-state index contributed by atoms with van der Waals surface area (Å²) in [6.45, 7) is 0.535. The van der Waals surface area contributed by atoms with Gasteiger partial charge in [-0.3, -0.25) is 9.20 Å². The van der Waals surface area contributed by atoms with Crippen LogP contribution in [0.25, 0.3) is 4.96 Å². The first-order valence-electron chi connectivity index (χ1n) is 6.08. The number of aliphatic carboxylic acids is 1. The highest BCUT2D eigenvalue weighted by Gasteiger charge is 2.33. The molecule has 6 nitrogen and oxygen atoms in total. The number of imidazole rings is 1. The molecule has 1 amide bonds. The van der Waals surface area contributed by atoms with E-state index in [1.165, 1.54) is 16.2 Å². The molecule has 1 saturated heterocycles. The highest BCUT2D eigenvalue weighted by molar-refractivity contribution is 7.15. The number of rotatable bonds is 3. The van der Waals surface area contributed by atoms with E-state index in [-0.39, 0.29) is 12.3 Å². The van der Waals surface area contributed by atoms with Gasteiger partial charge in [-0.1, -0.05) is 0 Å². The van der Waals surface area contributed by atoms with Gasteiger partial charge >= 0.3 is 5.97 Å². The fourth-order valence-corrected chi connectivity index (χ4v) is 3.33. The molecular formula is C12H13N3O3S. The largest absolute Gasteiger partial charge is 0.480 e. The summed E-state index contributed by atoms with van der Waals surface area (Å²) < 4.78 is 1.87. The maximum Gasteiger partial charge on any atom is 0.326 e. The quantitative estimate of drug-likeness (QED) is 0.910. The van der Waals surface area contributed by atoms with Crippen molar-refractivity contribution in [3.8, 4) is 0 Å². The third kappa shape index (κ3) is 2.10. The Hall–Kier alpha value is -1.89. The highest BCUT2D eigenvalue weighted by atomic mass is 32.1. The molecule has 1 fully saturated rings. The zero-order valence-electron chi connectivity index (χ0n) is 10.2. The number of carboxylic acids is 1. The number of nitrogens with zero attached hydrogens (tertiary/aromatic N) is 3. The van der Waals surface area contributed by atoms with Gasteiger partial charge in [0.25, 0.3) is 0 Å². The molecule has 2 aromatic heterocycles. The molecule has 1 N–H and O–H groups in total. The Kier molecular flexibility index (Phi) is 2.98. The molecule has 7 heteroatoms. The van der Waals surface area contributed by atoms with E-state index in [4.69, 9.17) is 5.11 Å². The van der Waals surface area contributed by atoms with Crippen molar-refractivity contribution in [2.45, 2.75) is 25.3 Å². The van der Waals surface area contributed by atoms with E-state index < -0.39 is 12.0 Å². The number of aromatic nitrogens is 2. The van der Waals surface area contributed by atoms with Crippen LogP contribution >= 0.6 is 11.3 Å². The average Bonchev–Trinajstić information content (AvgIpc) is 3.04. The molecule has 3 heterocycles. The molecule has 1 aliphatic heterocycles. The van der Waals surface area contributed by atoms with Crippen molar-refractivity contribution in [2.75, 3.05) is 6.54 Å². The lowest BCUT2D eigenvalue weighted by molar-refractivity contribution is -0.148. The van der Waals surface area contributed by atoms with Crippen LogP contribution in [-0.4, -0.2) is 43.9 Å². The number of likely N-dealkylation sites (tertiary alicyclic amines) is 1. The van der Waals surface area contributed by atoms with Crippen LogP contribution in [0.2, 0.25) is 0 Å². The Morgan fingerprint density at radius 3 is 3.16 bits per heavy atom. The van der Waals surface area contributed by atoms with E-state index in [0.717, 1.165) is 17.1 Å². The lowest BCUT2D eigenvalue weighted by Crippen LogP contribution is -2.41. The lowest BCUT2D eigenvalue weighted by Gasteiger charge is -2.21. The van der Waals surface area contributed by atoms with E-state index in [1.807, 2.05) is 16.0 Å². The van der Waals surface area contributed by atoms with Crippen LogP contribution in [0.4, 0.5) is 0 Å². The van der Waals surface area contributed by atoms with Gasteiger partial charge in [-0.25, -0.2) is 9.78 Å². The fraction of sp³-hybridized carbons (Fsp3) is 0.417. The van der Waals surface area contributed by atoms with Gasteiger partial charge in [-0.2, -0.15) is 0 Å². The predicted molar refractivity (Wildman–Crippen MR) is 69.1 cm³/mol. The third-order valence-corrected chi connectivity index (χ3v) is 4.31. The molecule has 19 heavy (non-hydrogen) atoms. The highest BCUT2D eigenvalue weighted by Crippen LogP contribution is 2.20. The van der Waals surface area contributed by atoms with Crippen LogP contribution < -0.4 is 0 Å². The van der Waals surface area contributed by atoms with E-state index in [9.17, 15) is 9.59 Å². The number of fused-ring (bicyclic) bond motifs is 1. The first-order chi connectivity index (χ1) is 9.16. The van der Waals surface area contributed by atoms with Gasteiger partial charge in [-0.15, -0.1) is 11.3 Å². The number of hydrogen-bond donors (Lipinski definition) is 1. The maximum absolute atomic E-state index is 12.2. The molecule has 0 saturated carbocycles. The van der Waals surface area contributed by atoms with E-state index in [2.05, 4.69) is 4.98 Å². The number of carboxylic acid groups (broad SMARTS) is 1. The molecule has 0 radical (unpaired) electrons. The van der Waals surface area contributed by atoms with Gasteiger partial charge in [0, 0.05) is 30.0 Å². The fourth-order valence-electron chi connectivity index (χ4n) is 2.48. The van der Waals surface area contributed by atoms with Gasteiger partial charge in [0.2, 0.25) is 5.91 Å². The summed E-state index contributed by atoms with van der Waals surface area (Å²) in [5.74, 6) is -1.04. The van der Waals surface area contributed by atoms with Crippen molar-refractivity contribution in [3.05, 3.63) is 23.5 Å². The third-order valence-electron chi connectivity index (χ3n) is 3.41. The Balaban J connectivity index is 1.78. The number of hydrogen-bond acceptors (Lipinski definition) is 4. The first-order valence-corrected chi connectivity index (χ1v) is 6.96. The number of amides is 1. The van der Waals surface area contributed by atoms with Crippen LogP contribution in [0, 0.1) is 0 Å². The normalized spacial score (nSPS) is 19.2. The number of carbonyl (C=O) groups excluding carboxylic acids is 1. The molecule has 0 aliphatic carbocycles. The summed E-state index contributed by atoms with van der Waals surface area (Å²) in [5.41, 5.74) is 0.860.